The van der Waals surface area contributed by atoms with Crippen molar-refractivity contribution in [1.29, 1.82) is 0 Å². The van der Waals surface area contributed by atoms with E-state index in [4.69, 9.17) is 15.2 Å². The molecular weight excluding hydrogens is 260 g/mol. The number of methoxy groups -OCH3 is 1. The summed E-state index contributed by atoms with van der Waals surface area (Å²) in [5, 5.41) is 4.00. The van der Waals surface area contributed by atoms with Gasteiger partial charge in [0.1, 0.15) is 17.6 Å². The molecule has 7 heteroatoms. The standard InChI is InChI=1S/C13H16N4O3/c1-3-17-12(15-8-16-17)7-20-13(18)10-5-4-9(14)6-11(10)19-2/h4-6,8H,3,7,14H2,1-2H3. The molecule has 1 heterocycles. The third-order valence-electron chi connectivity index (χ3n) is 2.77. The average Bonchev–Trinajstić information content (AvgIpc) is 2.92. The number of anilines is 1. The molecule has 0 aliphatic rings. The average molecular weight is 276 g/mol. The second-order valence-electron chi connectivity index (χ2n) is 4.03. The lowest BCUT2D eigenvalue weighted by Gasteiger charge is -2.09. The zero-order valence-electron chi connectivity index (χ0n) is 11.4. The first-order valence-electron chi connectivity index (χ1n) is 6.13. The molecule has 7 nitrogen and oxygen atoms in total. The minimum atomic E-state index is -0.493. The first-order chi connectivity index (χ1) is 9.65. The van der Waals surface area contributed by atoms with Gasteiger partial charge in [-0.3, -0.25) is 0 Å². The SMILES string of the molecule is CCn1ncnc1COC(=O)c1ccc(N)cc1OC. The van der Waals surface area contributed by atoms with Crippen molar-refractivity contribution in [3.8, 4) is 5.75 Å². The largest absolute Gasteiger partial charge is 0.496 e. The first kappa shape index (κ1) is 13.9. The van der Waals surface area contributed by atoms with E-state index in [1.54, 1.807) is 22.9 Å². The molecule has 2 aromatic rings. The lowest BCUT2D eigenvalue weighted by molar-refractivity contribution is 0.0453. The Labute approximate surface area is 116 Å². The topological polar surface area (TPSA) is 92.3 Å². The van der Waals surface area contributed by atoms with Gasteiger partial charge in [0, 0.05) is 18.3 Å². The first-order valence-corrected chi connectivity index (χ1v) is 6.13. The van der Waals surface area contributed by atoms with E-state index >= 15 is 0 Å². The molecule has 0 bridgehead atoms. The second-order valence-corrected chi connectivity index (χ2v) is 4.03. The zero-order valence-corrected chi connectivity index (χ0v) is 11.4. The van der Waals surface area contributed by atoms with Gasteiger partial charge in [-0.25, -0.2) is 14.5 Å². The van der Waals surface area contributed by atoms with E-state index < -0.39 is 5.97 Å². The molecule has 0 radical (unpaired) electrons. The van der Waals surface area contributed by atoms with E-state index in [1.807, 2.05) is 6.92 Å². The van der Waals surface area contributed by atoms with Gasteiger partial charge in [-0.2, -0.15) is 5.10 Å². The fourth-order valence-corrected chi connectivity index (χ4v) is 1.75. The summed E-state index contributed by atoms with van der Waals surface area (Å²) in [5.74, 6) is 0.481. The van der Waals surface area contributed by atoms with Crippen molar-refractivity contribution in [2.24, 2.45) is 0 Å². The summed E-state index contributed by atoms with van der Waals surface area (Å²) in [6.07, 6.45) is 1.43. The number of benzene rings is 1. The molecule has 0 spiro atoms. The number of aromatic nitrogens is 3. The van der Waals surface area contributed by atoms with Crippen molar-refractivity contribution in [1.82, 2.24) is 14.8 Å². The number of ether oxygens (including phenoxy) is 2. The van der Waals surface area contributed by atoms with Crippen LogP contribution in [0.4, 0.5) is 5.69 Å². The molecule has 1 aromatic carbocycles. The van der Waals surface area contributed by atoms with Crippen LogP contribution >= 0.6 is 0 Å². The van der Waals surface area contributed by atoms with Crippen LogP contribution in [0.5, 0.6) is 5.75 Å². The number of nitrogen functional groups attached to an aromatic ring is 1. The van der Waals surface area contributed by atoms with E-state index in [2.05, 4.69) is 10.1 Å². The monoisotopic (exact) mass is 276 g/mol. The van der Waals surface area contributed by atoms with Crippen molar-refractivity contribution in [2.75, 3.05) is 12.8 Å². The summed E-state index contributed by atoms with van der Waals surface area (Å²) >= 11 is 0. The number of nitrogens with zero attached hydrogens (tertiary/aromatic N) is 3. The summed E-state index contributed by atoms with van der Waals surface area (Å²) in [6, 6.07) is 4.76. The maximum atomic E-state index is 12.0. The quantitative estimate of drug-likeness (QED) is 0.652. The molecule has 0 aliphatic heterocycles. The van der Waals surface area contributed by atoms with Gasteiger partial charge >= 0.3 is 5.97 Å². The maximum absolute atomic E-state index is 12.0. The van der Waals surface area contributed by atoms with E-state index in [0.29, 0.717) is 29.4 Å². The Hall–Kier alpha value is -2.57. The van der Waals surface area contributed by atoms with Crippen LogP contribution in [-0.2, 0) is 17.9 Å². The summed E-state index contributed by atoms with van der Waals surface area (Å²) in [7, 11) is 1.47. The Balaban J connectivity index is 2.09. The van der Waals surface area contributed by atoms with Gasteiger partial charge in [-0.15, -0.1) is 0 Å². The molecule has 2 rings (SSSR count). The molecule has 0 unspecified atom stereocenters. The van der Waals surface area contributed by atoms with E-state index in [0.717, 1.165) is 0 Å². The number of hydrogen-bond acceptors (Lipinski definition) is 6. The normalized spacial score (nSPS) is 10.3. The van der Waals surface area contributed by atoms with Crippen LogP contribution in [0.25, 0.3) is 0 Å². The summed E-state index contributed by atoms with van der Waals surface area (Å²) < 4.78 is 12.0. The molecule has 1 aromatic heterocycles. The minimum absolute atomic E-state index is 0.0558. The Morgan fingerprint density at radius 1 is 1.45 bits per heavy atom. The van der Waals surface area contributed by atoms with Gasteiger partial charge < -0.3 is 15.2 Å². The van der Waals surface area contributed by atoms with Crippen LogP contribution in [0.15, 0.2) is 24.5 Å². The summed E-state index contributed by atoms with van der Waals surface area (Å²) in [5.41, 5.74) is 6.48. The van der Waals surface area contributed by atoms with E-state index in [1.165, 1.54) is 13.4 Å². The van der Waals surface area contributed by atoms with Gasteiger partial charge in [-0.05, 0) is 19.1 Å². The van der Waals surface area contributed by atoms with E-state index in [9.17, 15) is 4.79 Å². The van der Waals surface area contributed by atoms with Crippen LogP contribution in [0, 0.1) is 0 Å². The number of carbonyl (C=O) groups is 1. The van der Waals surface area contributed by atoms with Crippen molar-refractivity contribution in [2.45, 2.75) is 20.1 Å². The fraction of sp³-hybridized carbons (Fsp3) is 0.308. The summed E-state index contributed by atoms with van der Waals surface area (Å²) in [4.78, 5) is 16.1. The lowest BCUT2D eigenvalue weighted by Crippen LogP contribution is -2.11. The Kier molecular flexibility index (Phi) is 4.19. The molecule has 0 saturated carbocycles. The maximum Gasteiger partial charge on any atom is 0.342 e. The highest BCUT2D eigenvalue weighted by molar-refractivity contribution is 5.93. The third-order valence-corrected chi connectivity index (χ3v) is 2.77. The molecule has 20 heavy (non-hydrogen) atoms. The van der Waals surface area contributed by atoms with Crippen LogP contribution in [0.2, 0.25) is 0 Å². The van der Waals surface area contributed by atoms with Gasteiger partial charge in [-0.1, -0.05) is 0 Å². The summed E-state index contributed by atoms with van der Waals surface area (Å²) in [6.45, 7) is 2.65. The van der Waals surface area contributed by atoms with Crippen LogP contribution in [0.1, 0.15) is 23.1 Å². The predicted octanol–water partition coefficient (Wildman–Crippen LogP) is 1.25. The molecule has 0 atom stereocenters. The molecule has 0 aliphatic carbocycles. The Morgan fingerprint density at radius 2 is 2.25 bits per heavy atom. The minimum Gasteiger partial charge on any atom is -0.496 e. The highest BCUT2D eigenvalue weighted by atomic mass is 16.5. The predicted molar refractivity (Wildman–Crippen MR) is 72.2 cm³/mol. The molecule has 2 N–H and O–H groups in total. The Morgan fingerprint density at radius 3 is 2.95 bits per heavy atom. The Bertz CT molecular complexity index is 609. The van der Waals surface area contributed by atoms with Crippen LogP contribution in [0.3, 0.4) is 0 Å². The highest BCUT2D eigenvalue weighted by Gasteiger charge is 2.15. The molecule has 0 amide bonds. The molecule has 0 fully saturated rings. The van der Waals surface area contributed by atoms with Gasteiger partial charge in [0.2, 0.25) is 0 Å². The second kappa shape index (κ2) is 6.05. The van der Waals surface area contributed by atoms with Gasteiger partial charge in [0.05, 0.1) is 7.11 Å². The van der Waals surface area contributed by atoms with Gasteiger partial charge in [0.25, 0.3) is 0 Å². The molecular formula is C13H16N4O3. The molecule has 106 valence electrons. The number of aryl methyl sites for hydroxylation is 1. The van der Waals surface area contributed by atoms with Gasteiger partial charge in [0.15, 0.2) is 12.4 Å². The van der Waals surface area contributed by atoms with E-state index in [-0.39, 0.29) is 6.61 Å². The number of hydrogen-bond donors (Lipinski definition) is 1. The number of carbonyl (C=O) groups excluding carboxylic acids is 1. The third kappa shape index (κ3) is 2.87. The smallest absolute Gasteiger partial charge is 0.342 e. The molecule has 0 saturated heterocycles. The number of rotatable bonds is 5. The van der Waals surface area contributed by atoms with Crippen LogP contribution in [-0.4, -0.2) is 27.8 Å². The fourth-order valence-electron chi connectivity index (χ4n) is 1.75. The zero-order chi connectivity index (χ0) is 14.5. The van der Waals surface area contributed by atoms with Crippen molar-refractivity contribution >= 4 is 11.7 Å². The lowest BCUT2D eigenvalue weighted by atomic mass is 10.2. The van der Waals surface area contributed by atoms with Crippen molar-refractivity contribution < 1.29 is 14.3 Å². The van der Waals surface area contributed by atoms with Crippen molar-refractivity contribution in [3.63, 3.8) is 0 Å². The number of esters is 1. The van der Waals surface area contributed by atoms with Crippen LogP contribution < -0.4 is 10.5 Å². The number of nitrogens with two attached hydrogens (primary N) is 1. The van der Waals surface area contributed by atoms with Crippen molar-refractivity contribution in [3.05, 3.63) is 35.9 Å². The highest BCUT2D eigenvalue weighted by Crippen LogP contribution is 2.22.